The molecule has 1 aliphatic rings. The van der Waals surface area contributed by atoms with Crippen molar-refractivity contribution in [2.45, 2.75) is 51.7 Å². The molecule has 1 unspecified atom stereocenters. The lowest BCUT2D eigenvalue weighted by Crippen LogP contribution is -2.37. The second kappa shape index (κ2) is 9.49. The van der Waals surface area contributed by atoms with E-state index in [1.54, 1.807) is 14.2 Å². The molecule has 2 aromatic rings. The number of fused-ring (bicyclic) bond motifs is 1. The number of hydrogen-bond acceptors (Lipinski definition) is 4. The van der Waals surface area contributed by atoms with E-state index in [4.69, 9.17) is 14.2 Å². The Hall–Kier alpha value is -2.69. The normalized spacial score (nSPS) is 14.0. The van der Waals surface area contributed by atoms with Gasteiger partial charge in [-0.25, -0.2) is 0 Å². The summed E-state index contributed by atoms with van der Waals surface area (Å²) >= 11 is 0. The third-order valence-corrected chi connectivity index (χ3v) is 5.18. The summed E-state index contributed by atoms with van der Waals surface area (Å²) in [7, 11) is 3.20. The molecule has 0 aromatic heterocycles. The lowest BCUT2D eigenvalue weighted by Gasteiger charge is -2.20. The molecule has 0 saturated heterocycles. The highest BCUT2D eigenvalue weighted by atomic mass is 16.5. The molecule has 28 heavy (non-hydrogen) atoms. The summed E-state index contributed by atoms with van der Waals surface area (Å²) in [4.78, 5) is 12.6. The number of rotatable bonds is 8. The molecule has 0 fully saturated rings. The molecule has 0 spiro atoms. The van der Waals surface area contributed by atoms with Gasteiger partial charge in [0, 0.05) is 6.54 Å². The van der Waals surface area contributed by atoms with Gasteiger partial charge in [-0.3, -0.25) is 4.79 Å². The van der Waals surface area contributed by atoms with Gasteiger partial charge in [0.05, 0.1) is 14.2 Å². The zero-order chi connectivity index (χ0) is 19.9. The Morgan fingerprint density at radius 1 is 1.00 bits per heavy atom. The Morgan fingerprint density at radius 3 is 2.46 bits per heavy atom. The van der Waals surface area contributed by atoms with E-state index in [1.165, 1.54) is 24.0 Å². The van der Waals surface area contributed by atoms with Gasteiger partial charge >= 0.3 is 0 Å². The minimum Gasteiger partial charge on any atom is -0.493 e. The first-order valence-corrected chi connectivity index (χ1v) is 9.91. The summed E-state index contributed by atoms with van der Waals surface area (Å²) in [6, 6.07) is 11.8. The molecule has 1 atom stereocenters. The molecule has 1 N–H and O–H groups in total. The number of carbonyl (C=O) groups is 1. The van der Waals surface area contributed by atoms with Gasteiger partial charge in [-0.1, -0.05) is 19.1 Å². The Bertz CT molecular complexity index is 818. The third-order valence-electron chi connectivity index (χ3n) is 5.18. The van der Waals surface area contributed by atoms with Crippen LogP contribution in [-0.2, 0) is 24.2 Å². The predicted octanol–water partition coefficient (Wildman–Crippen LogP) is 4.06. The quantitative estimate of drug-likeness (QED) is 0.747. The molecule has 0 saturated carbocycles. The highest BCUT2D eigenvalue weighted by Gasteiger charge is 2.19. The first-order valence-electron chi connectivity index (χ1n) is 9.91. The maximum atomic E-state index is 12.6. The van der Waals surface area contributed by atoms with Gasteiger partial charge in [0.1, 0.15) is 5.75 Å². The van der Waals surface area contributed by atoms with Gasteiger partial charge in [-0.15, -0.1) is 0 Å². The lowest BCUT2D eigenvalue weighted by molar-refractivity contribution is -0.128. The van der Waals surface area contributed by atoms with Crippen LogP contribution in [0.5, 0.6) is 17.2 Å². The van der Waals surface area contributed by atoms with Crippen LogP contribution >= 0.6 is 0 Å². The minimum absolute atomic E-state index is 0.116. The second-order valence-electron chi connectivity index (χ2n) is 7.06. The molecule has 2 aromatic carbocycles. The van der Waals surface area contributed by atoms with Crippen molar-refractivity contribution in [1.82, 2.24) is 5.32 Å². The zero-order valence-electron chi connectivity index (χ0n) is 16.9. The van der Waals surface area contributed by atoms with Crippen molar-refractivity contribution in [2.75, 3.05) is 14.2 Å². The van der Waals surface area contributed by atoms with E-state index in [0.29, 0.717) is 24.5 Å². The molecular formula is C23H29NO4. The molecule has 1 aliphatic carbocycles. The van der Waals surface area contributed by atoms with Crippen LogP contribution in [0, 0.1) is 0 Å². The van der Waals surface area contributed by atoms with Crippen molar-refractivity contribution in [1.29, 1.82) is 0 Å². The van der Waals surface area contributed by atoms with E-state index in [2.05, 4.69) is 17.4 Å². The number of ether oxygens (including phenoxy) is 3. The fourth-order valence-electron chi connectivity index (χ4n) is 3.56. The van der Waals surface area contributed by atoms with Crippen molar-refractivity contribution in [2.24, 2.45) is 0 Å². The maximum Gasteiger partial charge on any atom is 0.261 e. The fraction of sp³-hybridized carbons (Fsp3) is 0.435. The lowest BCUT2D eigenvalue weighted by atomic mass is 9.92. The van der Waals surface area contributed by atoms with Crippen LogP contribution in [0.2, 0.25) is 0 Å². The van der Waals surface area contributed by atoms with E-state index in [-0.39, 0.29) is 5.91 Å². The fourth-order valence-corrected chi connectivity index (χ4v) is 3.56. The predicted molar refractivity (Wildman–Crippen MR) is 109 cm³/mol. The number of nitrogens with one attached hydrogen (secondary N) is 1. The Balaban J connectivity index is 1.61. The average Bonchev–Trinajstić information content (AvgIpc) is 2.75. The van der Waals surface area contributed by atoms with Crippen LogP contribution in [0.3, 0.4) is 0 Å². The van der Waals surface area contributed by atoms with Crippen LogP contribution in [-0.4, -0.2) is 26.2 Å². The Kier molecular flexibility index (Phi) is 6.80. The molecular weight excluding hydrogens is 354 g/mol. The third kappa shape index (κ3) is 4.77. The average molecular weight is 383 g/mol. The highest BCUT2D eigenvalue weighted by molar-refractivity contribution is 5.81. The van der Waals surface area contributed by atoms with Crippen molar-refractivity contribution in [3.05, 3.63) is 53.1 Å². The van der Waals surface area contributed by atoms with Gasteiger partial charge in [0.2, 0.25) is 0 Å². The van der Waals surface area contributed by atoms with Crippen molar-refractivity contribution in [3.63, 3.8) is 0 Å². The number of hydrogen-bond donors (Lipinski definition) is 1. The van der Waals surface area contributed by atoms with Gasteiger partial charge in [-0.2, -0.15) is 0 Å². The van der Waals surface area contributed by atoms with E-state index in [0.717, 1.165) is 24.2 Å². The number of methoxy groups -OCH3 is 2. The van der Waals surface area contributed by atoms with Crippen molar-refractivity contribution < 1.29 is 19.0 Å². The number of carbonyl (C=O) groups excluding carboxylic acids is 1. The summed E-state index contributed by atoms with van der Waals surface area (Å²) in [6.45, 7) is 2.36. The smallest absolute Gasteiger partial charge is 0.261 e. The zero-order valence-corrected chi connectivity index (χ0v) is 16.9. The first-order chi connectivity index (χ1) is 13.6. The van der Waals surface area contributed by atoms with Crippen molar-refractivity contribution >= 4 is 5.91 Å². The largest absolute Gasteiger partial charge is 0.493 e. The number of amides is 1. The van der Waals surface area contributed by atoms with Crippen LogP contribution in [0.25, 0.3) is 0 Å². The van der Waals surface area contributed by atoms with Gasteiger partial charge in [-0.05, 0) is 73.1 Å². The second-order valence-corrected chi connectivity index (χ2v) is 7.06. The molecule has 150 valence electrons. The number of aryl methyl sites for hydroxylation is 2. The van der Waals surface area contributed by atoms with Crippen molar-refractivity contribution in [3.8, 4) is 17.2 Å². The molecule has 0 aliphatic heterocycles. The molecule has 1 amide bonds. The molecule has 0 radical (unpaired) electrons. The highest BCUT2D eigenvalue weighted by Crippen LogP contribution is 2.28. The Labute approximate surface area is 167 Å². The molecule has 5 nitrogen and oxygen atoms in total. The van der Waals surface area contributed by atoms with Crippen LogP contribution in [0.4, 0.5) is 0 Å². The standard InChI is InChI=1S/C23H29NO4/c1-4-20(28-19-11-10-17-7-5-6-8-18(17)14-19)23(25)24-15-16-9-12-21(26-2)22(13-16)27-3/h9-14,20H,4-8,15H2,1-3H3,(H,24,25). The van der Waals surface area contributed by atoms with E-state index in [9.17, 15) is 4.79 Å². The molecule has 3 rings (SSSR count). The minimum atomic E-state index is -0.512. The van der Waals surface area contributed by atoms with E-state index >= 15 is 0 Å². The van der Waals surface area contributed by atoms with E-state index in [1.807, 2.05) is 31.2 Å². The summed E-state index contributed by atoms with van der Waals surface area (Å²) in [5.41, 5.74) is 3.70. The number of benzene rings is 2. The summed E-state index contributed by atoms with van der Waals surface area (Å²) < 4.78 is 16.6. The Morgan fingerprint density at radius 2 is 1.75 bits per heavy atom. The van der Waals surface area contributed by atoms with Crippen LogP contribution in [0.15, 0.2) is 36.4 Å². The molecule has 5 heteroatoms. The molecule has 0 heterocycles. The summed E-state index contributed by atoms with van der Waals surface area (Å²) in [5.74, 6) is 1.97. The SMILES string of the molecule is CCC(Oc1ccc2c(c1)CCCC2)C(=O)NCc1ccc(OC)c(OC)c1. The topological polar surface area (TPSA) is 56.8 Å². The maximum absolute atomic E-state index is 12.6. The monoisotopic (exact) mass is 383 g/mol. The van der Waals surface area contributed by atoms with E-state index < -0.39 is 6.10 Å². The van der Waals surface area contributed by atoms with Crippen LogP contribution < -0.4 is 19.5 Å². The van der Waals surface area contributed by atoms with Gasteiger partial charge in [0.15, 0.2) is 17.6 Å². The van der Waals surface area contributed by atoms with Gasteiger partial charge in [0.25, 0.3) is 5.91 Å². The molecule has 0 bridgehead atoms. The van der Waals surface area contributed by atoms with Gasteiger partial charge < -0.3 is 19.5 Å². The van der Waals surface area contributed by atoms with Crippen LogP contribution in [0.1, 0.15) is 42.9 Å². The first kappa shape index (κ1) is 20.1. The summed E-state index contributed by atoms with van der Waals surface area (Å²) in [5, 5.41) is 2.96. The summed E-state index contributed by atoms with van der Waals surface area (Å²) in [6.07, 6.45) is 4.80.